The lowest BCUT2D eigenvalue weighted by molar-refractivity contribution is 0.369. The summed E-state index contributed by atoms with van der Waals surface area (Å²) in [6.07, 6.45) is 1.29. The molecule has 0 fully saturated rings. The van der Waals surface area contributed by atoms with Crippen LogP contribution in [0, 0.1) is 5.82 Å². The molecule has 0 atom stereocenters. The number of phenolic OH excluding ortho intramolecular Hbond substituents is 1. The first-order valence-electron chi connectivity index (χ1n) is 4.51. The molecule has 0 saturated carbocycles. The molecule has 0 unspecified atom stereocenters. The predicted octanol–water partition coefficient (Wildman–Crippen LogP) is 2.54. The van der Waals surface area contributed by atoms with Crippen molar-refractivity contribution in [1.82, 2.24) is 5.16 Å². The summed E-state index contributed by atoms with van der Waals surface area (Å²) in [5.74, 6) is -0.875. The number of phenols is 1. The van der Waals surface area contributed by atoms with Crippen molar-refractivity contribution in [1.29, 1.82) is 0 Å². The van der Waals surface area contributed by atoms with E-state index < -0.39 is 5.82 Å². The number of ether oxygens (including phenoxy) is 1. The Balaban J connectivity index is 2.74. The van der Waals surface area contributed by atoms with E-state index in [4.69, 9.17) is 10.5 Å². The van der Waals surface area contributed by atoms with E-state index >= 15 is 0 Å². The molecule has 0 aliphatic carbocycles. The standard InChI is InChI=1S/C10H8BrFN2O3/c1-16-9-6(15)2-5(12)7(8(9)11)4-3-14-17-10(4)13/h2-3,15H,13H2,1H3. The first kappa shape index (κ1) is 11.7. The fourth-order valence-corrected chi connectivity index (χ4v) is 2.23. The van der Waals surface area contributed by atoms with E-state index in [2.05, 4.69) is 25.6 Å². The molecule has 17 heavy (non-hydrogen) atoms. The van der Waals surface area contributed by atoms with Crippen molar-refractivity contribution in [3.63, 3.8) is 0 Å². The topological polar surface area (TPSA) is 81.5 Å². The van der Waals surface area contributed by atoms with E-state index in [1.165, 1.54) is 13.3 Å². The number of hydrogen-bond acceptors (Lipinski definition) is 5. The van der Waals surface area contributed by atoms with Gasteiger partial charge in [0.05, 0.1) is 23.3 Å². The molecule has 0 aliphatic rings. The Bertz CT molecular complexity index is 571. The zero-order valence-corrected chi connectivity index (χ0v) is 10.3. The molecule has 1 heterocycles. The Hall–Kier alpha value is -1.76. The monoisotopic (exact) mass is 302 g/mol. The van der Waals surface area contributed by atoms with Crippen LogP contribution in [0.1, 0.15) is 0 Å². The maximum Gasteiger partial charge on any atom is 0.230 e. The minimum Gasteiger partial charge on any atom is -0.504 e. The third-order valence-corrected chi connectivity index (χ3v) is 2.98. The lowest BCUT2D eigenvalue weighted by Crippen LogP contribution is -1.94. The van der Waals surface area contributed by atoms with Gasteiger partial charge in [-0.3, -0.25) is 0 Å². The van der Waals surface area contributed by atoms with E-state index in [9.17, 15) is 9.50 Å². The van der Waals surface area contributed by atoms with Gasteiger partial charge in [-0.2, -0.15) is 0 Å². The molecule has 2 rings (SSSR count). The van der Waals surface area contributed by atoms with Gasteiger partial charge in [0.2, 0.25) is 5.88 Å². The summed E-state index contributed by atoms with van der Waals surface area (Å²) in [7, 11) is 1.36. The summed E-state index contributed by atoms with van der Waals surface area (Å²) in [5, 5.41) is 13.0. The number of rotatable bonds is 2. The van der Waals surface area contributed by atoms with Crippen LogP contribution in [0.4, 0.5) is 10.3 Å². The second-order valence-electron chi connectivity index (χ2n) is 3.20. The smallest absolute Gasteiger partial charge is 0.230 e. The van der Waals surface area contributed by atoms with E-state index in [0.29, 0.717) is 0 Å². The Morgan fingerprint density at radius 1 is 1.59 bits per heavy atom. The first-order chi connectivity index (χ1) is 8.06. The maximum absolute atomic E-state index is 13.8. The highest BCUT2D eigenvalue weighted by molar-refractivity contribution is 9.10. The van der Waals surface area contributed by atoms with Crippen LogP contribution in [0.25, 0.3) is 11.1 Å². The average Bonchev–Trinajstić information content (AvgIpc) is 2.65. The van der Waals surface area contributed by atoms with Crippen LogP contribution >= 0.6 is 15.9 Å². The second kappa shape index (κ2) is 4.25. The van der Waals surface area contributed by atoms with Crippen LogP contribution in [0.5, 0.6) is 11.5 Å². The quantitative estimate of drug-likeness (QED) is 0.891. The molecule has 0 spiro atoms. The molecule has 2 aromatic rings. The lowest BCUT2D eigenvalue weighted by atomic mass is 10.1. The molecule has 90 valence electrons. The number of nitrogen functional groups attached to an aromatic ring is 1. The number of halogens is 2. The molecule has 0 radical (unpaired) electrons. The zero-order valence-electron chi connectivity index (χ0n) is 8.70. The highest BCUT2D eigenvalue weighted by Crippen LogP contribution is 2.44. The molecule has 0 amide bonds. The average molecular weight is 303 g/mol. The van der Waals surface area contributed by atoms with Crippen LogP contribution in [0.2, 0.25) is 0 Å². The fraction of sp³-hybridized carbons (Fsp3) is 0.100. The van der Waals surface area contributed by atoms with Gasteiger partial charge in [0.15, 0.2) is 11.5 Å². The molecular weight excluding hydrogens is 295 g/mol. The number of aromatic hydroxyl groups is 1. The zero-order chi connectivity index (χ0) is 12.6. The van der Waals surface area contributed by atoms with Gasteiger partial charge >= 0.3 is 0 Å². The minimum atomic E-state index is -0.662. The van der Waals surface area contributed by atoms with Gasteiger partial charge in [0.25, 0.3) is 0 Å². The molecular formula is C10H8BrFN2O3. The summed E-state index contributed by atoms with van der Waals surface area (Å²) in [6, 6.07) is 0.936. The van der Waals surface area contributed by atoms with Gasteiger partial charge in [-0.15, -0.1) is 0 Å². The minimum absolute atomic E-state index is 0.0163. The maximum atomic E-state index is 13.8. The number of aromatic nitrogens is 1. The van der Waals surface area contributed by atoms with Gasteiger partial charge < -0.3 is 20.1 Å². The highest BCUT2D eigenvalue weighted by Gasteiger charge is 2.21. The normalized spacial score (nSPS) is 10.5. The first-order valence-corrected chi connectivity index (χ1v) is 5.31. The number of anilines is 1. The van der Waals surface area contributed by atoms with Crippen molar-refractivity contribution in [3.05, 3.63) is 22.6 Å². The van der Waals surface area contributed by atoms with Crippen LogP contribution in [-0.2, 0) is 0 Å². The van der Waals surface area contributed by atoms with E-state index in [0.717, 1.165) is 6.07 Å². The van der Waals surface area contributed by atoms with Crippen molar-refractivity contribution in [2.24, 2.45) is 0 Å². The van der Waals surface area contributed by atoms with Crippen molar-refractivity contribution >= 4 is 21.8 Å². The molecule has 0 saturated heterocycles. The highest BCUT2D eigenvalue weighted by atomic mass is 79.9. The summed E-state index contributed by atoms with van der Waals surface area (Å²) in [5.41, 5.74) is 5.93. The third-order valence-electron chi connectivity index (χ3n) is 2.23. The Labute approximate surface area is 104 Å². The van der Waals surface area contributed by atoms with E-state index in [1.54, 1.807) is 0 Å². The van der Waals surface area contributed by atoms with Crippen molar-refractivity contribution in [2.75, 3.05) is 12.8 Å². The van der Waals surface area contributed by atoms with Gasteiger partial charge in [0, 0.05) is 11.6 Å². The predicted molar refractivity (Wildman–Crippen MR) is 62.2 cm³/mol. The van der Waals surface area contributed by atoms with Crippen LogP contribution in [0.15, 0.2) is 21.3 Å². The summed E-state index contributed by atoms with van der Waals surface area (Å²) >= 11 is 3.15. The lowest BCUT2D eigenvalue weighted by Gasteiger charge is -2.10. The molecule has 1 aromatic carbocycles. The summed E-state index contributed by atoms with van der Waals surface area (Å²) < 4.78 is 23.7. The van der Waals surface area contributed by atoms with Gasteiger partial charge in [-0.05, 0) is 15.9 Å². The number of nitrogens with zero attached hydrogens (tertiary/aromatic N) is 1. The van der Waals surface area contributed by atoms with Crippen molar-refractivity contribution < 1.29 is 18.8 Å². The van der Waals surface area contributed by atoms with Gasteiger partial charge in [-0.1, -0.05) is 5.16 Å². The number of benzene rings is 1. The van der Waals surface area contributed by atoms with Gasteiger partial charge in [-0.25, -0.2) is 4.39 Å². The molecule has 7 heteroatoms. The fourth-order valence-electron chi connectivity index (χ4n) is 1.47. The summed E-state index contributed by atoms with van der Waals surface area (Å²) in [6.45, 7) is 0. The Kier molecular flexibility index (Phi) is 2.93. The van der Waals surface area contributed by atoms with Crippen LogP contribution in [0.3, 0.4) is 0 Å². The number of methoxy groups -OCH3 is 1. The van der Waals surface area contributed by atoms with Crippen LogP contribution < -0.4 is 10.5 Å². The number of hydrogen-bond donors (Lipinski definition) is 2. The van der Waals surface area contributed by atoms with E-state index in [1.807, 2.05) is 0 Å². The van der Waals surface area contributed by atoms with E-state index in [-0.39, 0.29) is 33.0 Å². The van der Waals surface area contributed by atoms with Crippen molar-refractivity contribution in [3.8, 4) is 22.6 Å². The Morgan fingerprint density at radius 3 is 2.82 bits per heavy atom. The van der Waals surface area contributed by atoms with Crippen LogP contribution in [-0.4, -0.2) is 17.4 Å². The second-order valence-corrected chi connectivity index (χ2v) is 4.00. The molecule has 0 bridgehead atoms. The molecule has 5 nitrogen and oxygen atoms in total. The molecule has 3 N–H and O–H groups in total. The largest absolute Gasteiger partial charge is 0.504 e. The Morgan fingerprint density at radius 2 is 2.29 bits per heavy atom. The van der Waals surface area contributed by atoms with Crippen molar-refractivity contribution in [2.45, 2.75) is 0 Å². The summed E-state index contributed by atoms with van der Waals surface area (Å²) in [4.78, 5) is 0. The molecule has 0 aliphatic heterocycles. The SMILES string of the molecule is COc1c(O)cc(F)c(-c2cnoc2N)c1Br. The third kappa shape index (κ3) is 1.82. The number of nitrogens with two attached hydrogens (primary N) is 1. The molecule has 1 aromatic heterocycles. The van der Waals surface area contributed by atoms with Gasteiger partial charge in [0.1, 0.15) is 5.82 Å².